The maximum atomic E-state index is 13.0. The van der Waals surface area contributed by atoms with Gasteiger partial charge in [-0.05, 0) is 22.8 Å². The molecule has 6 nitrogen and oxygen atoms in total. The van der Waals surface area contributed by atoms with Crippen molar-refractivity contribution in [3.8, 4) is 0 Å². The Morgan fingerprint density at radius 1 is 1.14 bits per heavy atom. The fourth-order valence-electron chi connectivity index (χ4n) is 4.31. The highest BCUT2D eigenvalue weighted by Gasteiger charge is 2.32. The Morgan fingerprint density at radius 2 is 1.96 bits per heavy atom. The van der Waals surface area contributed by atoms with Crippen LogP contribution in [0.5, 0.6) is 0 Å². The van der Waals surface area contributed by atoms with Crippen LogP contribution < -0.4 is 0 Å². The number of hydrogen-bond donors (Lipinski definition) is 1. The number of imidazole rings is 1. The smallest absolute Gasteiger partial charge is 0.259 e. The van der Waals surface area contributed by atoms with Gasteiger partial charge in [-0.2, -0.15) is 5.10 Å². The molecule has 0 bridgehead atoms. The number of piperidine rings is 1. The van der Waals surface area contributed by atoms with Crippen LogP contribution >= 0.6 is 0 Å². The second-order valence-electron chi connectivity index (χ2n) is 7.56. The third kappa shape index (κ3) is 2.68. The number of benzene rings is 2. The summed E-state index contributed by atoms with van der Waals surface area (Å²) in [4.78, 5) is 14.8. The summed E-state index contributed by atoms with van der Waals surface area (Å²) in [5, 5.41) is 17.4. The number of rotatable bonds is 2. The van der Waals surface area contributed by atoms with E-state index in [2.05, 4.69) is 35.4 Å². The Morgan fingerprint density at radius 3 is 2.79 bits per heavy atom. The van der Waals surface area contributed by atoms with Crippen LogP contribution in [0, 0.1) is 0 Å². The van der Waals surface area contributed by atoms with Gasteiger partial charge in [0.2, 0.25) is 0 Å². The predicted octanol–water partition coefficient (Wildman–Crippen LogP) is 2.82. The molecule has 2 atom stereocenters. The summed E-state index contributed by atoms with van der Waals surface area (Å²) in [6.45, 7) is 0.952. The zero-order valence-corrected chi connectivity index (χ0v) is 15.7. The topological polar surface area (TPSA) is 62.8 Å². The average molecular weight is 374 g/mol. The van der Waals surface area contributed by atoms with Crippen molar-refractivity contribution in [3.63, 3.8) is 0 Å². The number of likely N-dealkylation sites (tertiary alicyclic amines) is 1. The second-order valence-corrected chi connectivity index (χ2v) is 7.56. The molecule has 0 spiro atoms. The molecule has 5 rings (SSSR count). The third-order valence-electron chi connectivity index (χ3n) is 5.84. The van der Waals surface area contributed by atoms with Crippen molar-refractivity contribution in [1.82, 2.24) is 19.1 Å². The lowest BCUT2D eigenvalue weighted by Crippen LogP contribution is -2.45. The number of aromatic nitrogens is 3. The molecule has 0 unspecified atom stereocenters. The summed E-state index contributed by atoms with van der Waals surface area (Å²) in [6, 6.07) is 14.6. The number of β-amino-alcohol motifs (C(OH)–C–C–N with tert-alkyl or cyclic N) is 1. The van der Waals surface area contributed by atoms with Gasteiger partial charge in [0.15, 0.2) is 0 Å². The van der Waals surface area contributed by atoms with Crippen LogP contribution in [0.15, 0.2) is 61.1 Å². The SMILES string of the molecule is Cn1ccn2ncc(C(=O)N3CC[C@H](c4ccc5ccccc5c4)[C@@H](O)C3)c12. The number of aliphatic hydroxyl groups excluding tert-OH is 1. The van der Waals surface area contributed by atoms with E-state index >= 15 is 0 Å². The molecule has 1 fully saturated rings. The first-order chi connectivity index (χ1) is 13.6. The van der Waals surface area contributed by atoms with Gasteiger partial charge < -0.3 is 14.6 Å². The summed E-state index contributed by atoms with van der Waals surface area (Å²) < 4.78 is 3.59. The summed E-state index contributed by atoms with van der Waals surface area (Å²) >= 11 is 0. The summed E-state index contributed by atoms with van der Waals surface area (Å²) in [7, 11) is 1.90. The van der Waals surface area contributed by atoms with Gasteiger partial charge in [-0.25, -0.2) is 4.52 Å². The first-order valence-corrected chi connectivity index (χ1v) is 9.56. The van der Waals surface area contributed by atoms with E-state index < -0.39 is 6.10 Å². The molecule has 0 aliphatic carbocycles. The molecule has 3 heterocycles. The Bertz CT molecular complexity index is 1180. The average Bonchev–Trinajstić information content (AvgIpc) is 3.30. The highest BCUT2D eigenvalue weighted by molar-refractivity contribution is 6.00. The van der Waals surface area contributed by atoms with E-state index in [1.165, 1.54) is 10.8 Å². The van der Waals surface area contributed by atoms with Crippen LogP contribution in [0.25, 0.3) is 16.4 Å². The van der Waals surface area contributed by atoms with Crippen molar-refractivity contribution in [1.29, 1.82) is 0 Å². The molecule has 0 radical (unpaired) electrons. The molecule has 1 N–H and O–H groups in total. The Kier molecular flexibility index (Phi) is 3.94. The van der Waals surface area contributed by atoms with E-state index in [-0.39, 0.29) is 11.8 Å². The first-order valence-electron chi connectivity index (χ1n) is 9.56. The molecule has 1 saturated heterocycles. The molecule has 0 saturated carbocycles. The number of carbonyl (C=O) groups excluding carboxylic acids is 1. The van der Waals surface area contributed by atoms with Crippen LogP contribution in [-0.4, -0.2) is 49.3 Å². The summed E-state index contributed by atoms with van der Waals surface area (Å²) in [6.07, 6.45) is 5.47. The van der Waals surface area contributed by atoms with E-state index in [9.17, 15) is 9.90 Å². The number of amides is 1. The van der Waals surface area contributed by atoms with Gasteiger partial charge in [0.05, 0.1) is 12.3 Å². The minimum atomic E-state index is -0.585. The number of aliphatic hydroxyl groups is 1. The van der Waals surface area contributed by atoms with Gasteiger partial charge in [0.25, 0.3) is 5.91 Å². The van der Waals surface area contributed by atoms with Crippen LogP contribution in [0.1, 0.15) is 28.3 Å². The molecule has 142 valence electrons. The molecule has 28 heavy (non-hydrogen) atoms. The molecule has 1 aliphatic heterocycles. The molecule has 2 aromatic carbocycles. The largest absolute Gasteiger partial charge is 0.391 e. The lowest BCUT2D eigenvalue weighted by molar-refractivity contribution is 0.0383. The zero-order chi connectivity index (χ0) is 19.3. The maximum absolute atomic E-state index is 13.0. The highest BCUT2D eigenvalue weighted by atomic mass is 16.3. The minimum Gasteiger partial charge on any atom is -0.391 e. The summed E-state index contributed by atoms with van der Waals surface area (Å²) in [5.74, 6) is -0.0383. The predicted molar refractivity (Wildman–Crippen MR) is 107 cm³/mol. The molecular weight excluding hydrogens is 352 g/mol. The molecule has 6 heteroatoms. The molecule has 1 amide bonds. The van der Waals surface area contributed by atoms with Gasteiger partial charge in [-0.15, -0.1) is 0 Å². The van der Waals surface area contributed by atoms with E-state index in [4.69, 9.17) is 0 Å². The molecule has 1 aliphatic rings. The van der Waals surface area contributed by atoms with Gasteiger partial charge >= 0.3 is 0 Å². The third-order valence-corrected chi connectivity index (χ3v) is 5.84. The first kappa shape index (κ1) is 17.0. The summed E-state index contributed by atoms with van der Waals surface area (Å²) in [5.41, 5.74) is 2.48. The fourth-order valence-corrected chi connectivity index (χ4v) is 4.31. The number of carbonyl (C=O) groups is 1. The van der Waals surface area contributed by atoms with Crippen molar-refractivity contribution in [3.05, 3.63) is 72.2 Å². The van der Waals surface area contributed by atoms with E-state index in [0.29, 0.717) is 18.7 Å². The quantitative estimate of drug-likeness (QED) is 0.587. The standard InChI is InChI=1S/C22H22N4O2/c1-24-10-11-26-21(24)19(13-23-26)22(28)25-9-8-18(20(27)14-25)17-7-6-15-4-2-3-5-16(15)12-17/h2-7,10-13,18,20,27H,8-9,14H2,1H3/t18-,20+/m1/s1. The molecular formula is C22H22N4O2. The zero-order valence-electron chi connectivity index (χ0n) is 15.7. The lowest BCUT2D eigenvalue weighted by atomic mass is 9.86. The van der Waals surface area contributed by atoms with Gasteiger partial charge in [0, 0.05) is 38.4 Å². The Hall–Kier alpha value is -3.12. The normalized spacial score (nSPS) is 20.1. The number of aryl methyl sites for hydroxylation is 1. The number of hydrogen-bond acceptors (Lipinski definition) is 3. The van der Waals surface area contributed by atoms with Crippen LogP contribution in [0.2, 0.25) is 0 Å². The van der Waals surface area contributed by atoms with Gasteiger partial charge in [0.1, 0.15) is 11.2 Å². The van der Waals surface area contributed by atoms with Crippen LogP contribution in [-0.2, 0) is 7.05 Å². The van der Waals surface area contributed by atoms with Crippen molar-refractivity contribution in [2.24, 2.45) is 7.05 Å². The second kappa shape index (κ2) is 6.49. The van der Waals surface area contributed by atoms with E-state index in [1.807, 2.05) is 36.1 Å². The van der Waals surface area contributed by atoms with Crippen LogP contribution in [0.4, 0.5) is 0 Å². The van der Waals surface area contributed by atoms with Crippen molar-refractivity contribution in [2.45, 2.75) is 18.4 Å². The van der Waals surface area contributed by atoms with E-state index in [0.717, 1.165) is 17.6 Å². The van der Waals surface area contributed by atoms with Crippen molar-refractivity contribution >= 4 is 22.3 Å². The van der Waals surface area contributed by atoms with Gasteiger partial charge in [-0.3, -0.25) is 4.79 Å². The lowest BCUT2D eigenvalue weighted by Gasteiger charge is -2.36. The highest BCUT2D eigenvalue weighted by Crippen LogP contribution is 2.31. The van der Waals surface area contributed by atoms with Crippen molar-refractivity contribution in [2.75, 3.05) is 13.1 Å². The van der Waals surface area contributed by atoms with E-state index in [1.54, 1.807) is 15.6 Å². The maximum Gasteiger partial charge on any atom is 0.259 e. The number of fused-ring (bicyclic) bond motifs is 2. The Balaban J connectivity index is 1.37. The fraction of sp³-hybridized carbons (Fsp3) is 0.273. The van der Waals surface area contributed by atoms with Crippen molar-refractivity contribution < 1.29 is 9.90 Å². The Labute approximate surface area is 162 Å². The van der Waals surface area contributed by atoms with Crippen LogP contribution in [0.3, 0.4) is 0 Å². The van der Waals surface area contributed by atoms with Gasteiger partial charge in [-0.1, -0.05) is 42.5 Å². The minimum absolute atomic E-state index is 0.0378. The molecule has 4 aromatic rings. The number of nitrogens with zero attached hydrogens (tertiary/aromatic N) is 4. The molecule has 2 aromatic heterocycles. The monoisotopic (exact) mass is 374 g/mol.